The van der Waals surface area contributed by atoms with Gasteiger partial charge in [-0.3, -0.25) is 4.79 Å². The van der Waals surface area contributed by atoms with E-state index in [2.05, 4.69) is 10.5 Å². The van der Waals surface area contributed by atoms with Crippen LogP contribution in [0.5, 0.6) is 11.5 Å². The number of rotatable bonds is 3. The van der Waals surface area contributed by atoms with E-state index in [9.17, 15) is 15.0 Å². The Morgan fingerprint density at radius 2 is 2.00 bits per heavy atom. The molecule has 142 valence electrons. The summed E-state index contributed by atoms with van der Waals surface area (Å²) in [6.07, 6.45) is 0. The minimum absolute atomic E-state index is 0.000652. The van der Waals surface area contributed by atoms with Crippen molar-refractivity contribution < 1.29 is 24.3 Å². The predicted molar refractivity (Wildman–Crippen MR) is 104 cm³/mol. The number of phenols is 1. The van der Waals surface area contributed by atoms with Crippen LogP contribution in [-0.2, 0) is 4.79 Å². The summed E-state index contributed by atoms with van der Waals surface area (Å²) in [6, 6.07) is 9.64. The standard InChI is InChI=1S/C20H15ClN2O5/c1-9-5-17(28-23-9)19(25)18-12-7-11(13(21)8-14(12)22-20(18)26)10-3-4-15(24)16(6-10)27-2/h3-8,24-25H,1-2H3,(H,22,26)/b19-18+. The summed E-state index contributed by atoms with van der Waals surface area (Å²) in [6.45, 7) is 1.71. The zero-order valence-corrected chi connectivity index (χ0v) is 15.7. The van der Waals surface area contributed by atoms with E-state index in [1.54, 1.807) is 31.2 Å². The van der Waals surface area contributed by atoms with Crippen molar-refractivity contribution in [1.82, 2.24) is 5.16 Å². The minimum Gasteiger partial charge on any atom is -0.504 e. The van der Waals surface area contributed by atoms with Crippen LogP contribution >= 0.6 is 11.6 Å². The van der Waals surface area contributed by atoms with Gasteiger partial charge in [0.05, 0.1) is 29.1 Å². The Balaban J connectivity index is 1.89. The molecule has 0 spiro atoms. The number of anilines is 1. The van der Waals surface area contributed by atoms with Crippen LogP contribution < -0.4 is 10.1 Å². The van der Waals surface area contributed by atoms with Crippen LogP contribution in [-0.4, -0.2) is 28.4 Å². The lowest BCUT2D eigenvalue weighted by Crippen LogP contribution is -2.05. The quantitative estimate of drug-likeness (QED) is 0.446. The minimum atomic E-state index is -0.474. The summed E-state index contributed by atoms with van der Waals surface area (Å²) in [4.78, 5) is 12.5. The summed E-state index contributed by atoms with van der Waals surface area (Å²) in [5, 5.41) is 27.2. The summed E-state index contributed by atoms with van der Waals surface area (Å²) >= 11 is 6.41. The van der Waals surface area contributed by atoms with E-state index in [1.165, 1.54) is 19.2 Å². The number of aromatic nitrogens is 1. The van der Waals surface area contributed by atoms with Crippen molar-refractivity contribution >= 4 is 34.5 Å². The number of nitrogens with one attached hydrogen (secondary N) is 1. The lowest BCUT2D eigenvalue weighted by atomic mass is 9.98. The predicted octanol–water partition coefficient (Wildman–Crippen LogP) is 4.40. The molecule has 0 radical (unpaired) electrons. The highest BCUT2D eigenvalue weighted by molar-refractivity contribution is 6.38. The number of hydrogen-bond donors (Lipinski definition) is 3. The summed E-state index contributed by atoms with van der Waals surface area (Å²) in [5.74, 6) is -0.400. The first kappa shape index (κ1) is 17.9. The second kappa shape index (κ2) is 6.61. The van der Waals surface area contributed by atoms with Gasteiger partial charge in [0.25, 0.3) is 5.91 Å². The van der Waals surface area contributed by atoms with Crippen LogP contribution in [0, 0.1) is 6.92 Å². The monoisotopic (exact) mass is 398 g/mol. The second-order valence-corrected chi connectivity index (χ2v) is 6.68. The molecule has 2 aromatic carbocycles. The number of aromatic hydroxyl groups is 1. The summed E-state index contributed by atoms with van der Waals surface area (Å²) in [7, 11) is 1.45. The molecule has 0 fully saturated rings. The zero-order chi connectivity index (χ0) is 20.0. The van der Waals surface area contributed by atoms with E-state index in [4.69, 9.17) is 20.9 Å². The maximum atomic E-state index is 12.5. The molecule has 7 nitrogen and oxygen atoms in total. The van der Waals surface area contributed by atoms with E-state index in [1.807, 2.05) is 0 Å². The number of nitrogens with zero attached hydrogens (tertiary/aromatic N) is 1. The Morgan fingerprint density at radius 3 is 2.68 bits per heavy atom. The number of methoxy groups -OCH3 is 1. The molecule has 1 aliphatic heterocycles. The first-order chi connectivity index (χ1) is 13.4. The third-order valence-electron chi connectivity index (χ3n) is 4.44. The van der Waals surface area contributed by atoms with Gasteiger partial charge in [-0.05, 0) is 36.8 Å². The third kappa shape index (κ3) is 2.86. The van der Waals surface area contributed by atoms with Gasteiger partial charge in [0.15, 0.2) is 17.3 Å². The van der Waals surface area contributed by atoms with Gasteiger partial charge in [-0.25, -0.2) is 0 Å². The number of carbonyl (C=O) groups excluding carboxylic acids is 1. The number of amides is 1. The molecule has 0 saturated carbocycles. The van der Waals surface area contributed by atoms with Crippen molar-refractivity contribution in [2.75, 3.05) is 12.4 Å². The number of fused-ring (bicyclic) bond motifs is 1. The van der Waals surface area contributed by atoms with E-state index in [-0.39, 0.29) is 22.8 Å². The number of ether oxygens (including phenoxy) is 1. The first-order valence-electron chi connectivity index (χ1n) is 8.28. The number of halogens is 1. The van der Waals surface area contributed by atoms with Crippen molar-refractivity contribution in [2.24, 2.45) is 0 Å². The molecule has 1 amide bonds. The maximum Gasteiger partial charge on any atom is 0.260 e. The normalized spacial score (nSPS) is 14.6. The van der Waals surface area contributed by atoms with Crippen molar-refractivity contribution in [3.05, 3.63) is 58.4 Å². The lowest BCUT2D eigenvalue weighted by molar-refractivity contribution is -0.110. The fourth-order valence-corrected chi connectivity index (χ4v) is 3.36. The number of aliphatic hydroxyl groups is 1. The molecule has 28 heavy (non-hydrogen) atoms. The molecule has 4 rings (SSSR count). The highest BCUT2D eigenvalue weighted by atomic mass is 35.5. The summed E-state index contributed by atoms with van der Waals surface area (Å²) in [5.41, 5.74) is 2.87. The van der Waals surface area contributed by atoms with Crippen LogP contribution in [0.15, 0.2) is 40.9 Å². The smallest absolute Gasteiger partial charge is 0.260 e. The average Bonchev–Trinajstić information content (AvgIpc) is 3.23. The number of hydrogen-bond acceptors (Lipinski definition) is 6. The third-order valence-corrected chi connectivity index (χ3v) is 4.75. The molecule has 0 aliphatic carbocycles. The van der Waals surface area contributed by atoms with Gasteiger partial charge in [-0.1, -0.05) is 22.8 Å². The summed E-state index contributed by atoms with van der Waals surface area (Å²) < 4.78 is 10.2. The van der Waals surface area contributed by atoms with Crippen LogP contribution in [0.25, 0.3) is 22.5 Å². The van der Waals surface area contributed by atoms with Crippen molar-refractivity contribution in [2.45, 2.75) is 6.92 Å². The maximum absolute atomic E-state index is 12.5. The molecule has 0 bridgehead atoms. The van der Waals surface area contributed by atoms with E-state index < -0.39 is 5.91 Å². The Bertz CT molecular complexity index is 1150. The topological polar surface area (TPSA) is 105 Å². The largest absolute Gasteiger partial charge is 0.504 e. The Labute approximate surface area is 164 Å². The van der Waals surface area contributed by atoms with Crippen LogP contribution in [0.1, 0.15) is 17.0 Å². The number of benzene rings is 2. The highest BCUT2D eigenvalue weighted by Crippen LogP contribution is 2.43. The van der Waals surface area contributed by atoms with Gasteiger partial charge in [-0.15, -0.1) is 0 Å². The first-order valence-corrected chi connectivity index (χ1v) is 8.66. The number of carbonyl (C=O) groups is 1. The molecule has 3 aromatic rings. The van der Waals surface area contributed by atoms with Crippen molar-refractivity contribution in [1.29, 1.82) is 0 Å². The zero-order valence-electron chi connectivity index (χ0n) is 14.9. The Hall–Kier alpha value is -3.45. The Morgan fingerprint density at radius 1 is 1.21 bits per heavy atom. The second-order valence-electron chi connectivity index (χ2n) is 6.27. The molecule has 0 atom stereocenters. The van der Waals surface area contributed by atoms with Gasteiger partial charge in [0.2, 0.25) is 5.76 Å². The van der Waals surface area contributed by atoms with Gasteiger partial charge < -0.3 is 24.8 Å². The highest BCUT2D eigenvalue weighted by Gasteiger charge is 2.31. The lowest BCUT2D eigenvalue weighted by Gasteiger charge is -2.11. The Kier molecular flexibility index (Phi) is 4.24. The van der Waals surface area contributed by atoms with Gasteiger partial charge in [0, 0.05) is 17.2 Å². The van der Waals surface area contributed by atoms with Crippen molar-refractivity contribution in [3.63, 3.8) is 0 Å². The molecular weight excluding hydrogens is 384 g/mol. The van der Waals surface area contributed by atoms with Crippen LogP contribution in [0.4, 0.5) is 5.69 Å². The fourth-order valence-electron chi connectivity index (χ4n) is 3.09. The van der Waals surface area contributed by atoms with E-state index in [0.29, 0.717) is 38.8 Å². The molecule has 0 unspecified atom stereocenters. The molecule has 8 heteroatoms. The molecular formula is C20H15ClN2O5. The van der Waals surface area contributed by atoms with Gasteiger partial charge >= 0.3 is 0 Å². The van der Waals surface area contributed by atoms with E-state index >= 15 is 0 Å². The number of phenolic OH excluding ortho intramolecular Hbond substituents is 1. The van der Waals surface area contributed by atoms with Crippen molar-refractivity contribution in [3.8, 4) is 22.6 Å². The number of aliphatic hydroxyl groups excluding tert-OH is 1. The molecule has 0 saturated heterocycles. The molecule has 2 heterocycles. The number of aryl methyl sites for hydroxylation is 1. The van der Waals surface area contributed by atoms with Crippen LogP contribution in [0.3, 0.4) is 0 Å². The SMILES string of the molecule is COc1cc(-c2cc3c(cc2Cl)NC(=O)/C3=C(/O)c2cc(C)no2)ccc1O. The van der Waals surface area contributed by atoms with Crippen LogP contribution in [0.2, 0.25) is 5.02 Å². The molecule has 3 N–H and O–H groups in total. The molecule has 1 aliphatic rings. The fraction of sp³-hybridized carbons (Fsp3) is 0.100. The van der Waals surface area contributed by atoms with Gasteiger partial charge in [0.1, 0.15) is 0 Å². The van der Waals surface area contributed by atoms with E-state index in [0.717, 1.165) is 0 Å². The molecule has 1 aromatic heterocycles. The van der Waals surface area contributed by atoms with Gasteiger partial charge in [-0.2, -0.15) is 0 Å². The average molecular weight is 399 g/mol.